The van der Waals surface area contributed by atoms with Crippen molar-refractivity contribution in [2.24, 2.45) is 0 Å². The van der Waals surface area contributed by atoms with Crippen LogP contribution < -0.4 is 15.2 Å². The minimum absolute atomic E-state index is 0.109. The molecule has 0 radical (unpaired) electrons. The van der Waals surface area contributed by atoms with Gasteiger partial charge in [0.05, 0.1) is 12.2 Å². The molecule has 1 aliphatic heterocycles. The summed E-state index contributed by atoms with van der Waals surface area (Å²) >= 11 is 0. The number of fused-ring (bicyclic) bond motifs is 1. The van der Waals surface area contributed by atoms with E-state index in [1.807, 2.05) is 79.9 Å². The molecule has 3 aromatic carbocycles. The number of nitrogens with zero attached hydrogens (tertiary/aromatic N) is 2. The minimum atomic E-state index is -0.413. The summed E-state index contributed by atoms with van der Waals surface area (Å²) in [6.45, 7) is 3.17. The molecule has 0 saturated carbocycles. The molecule has 6 heteroatoms. The fourth-order valence-corrected chi connectivity index (χ4v) is 4.01. The van der Waals surface area contributed by atoms with Gasteiger partial charge in [0.1, 0.15) is 17.9 Å². The lowest BCUT2D eigenvalue weighted by Crippen LogP contribution is -2.35. The van der Waals surface area contributed by atoms with E-state index < -0.39 is 5.91 Å². The molecule has 1 fully saturated rings. The van der Waals surface area contributed by atoms with Gasteiger partial charge in [-0.25, -0.2) is 5.01 Å². The fraction of sp³-hybridized carbons (Fsp3) is 0.111. The van der Waals surface area contributed by atoms with Gasteiger partial charge in [0.15, 0.2) is 0 Å². The largest absolute Gasteiger partial charge is 0.492 e. The number of nitrogens with one attached hydrogen (secondary N) is 1. The molecule has 4 aromatic rings. The van der Waals surface area contributed by atoms with Crippen molar-refractivity contribution in [2.75, 3.05) is 11.6 Å². The van der Waals surface area contributed by atoms with E-state index in [4.69, 9.17) is 4.74 Å². The van der Waals surface area contributed by atoms with Crippen molar-refractivity contribution >= 4 is 34.5 Å². The molecule has 1 N–H and O–H groups in total. The fourth-order valence-electron chi connectivity index (χ4n) is 4.01. The van der Waals surface area contributed by atoms with Crippen molar-refractivity contribution < 1.29 is 14.3 Å². The molecule has 0 aliphatic carbocycles. The molecule has 5 rings (SSSR count). The average molecular weight is 437 g/mol. The van der Waals surface area contributed by atoms with E-state index in [1.54, 1.807) is 18.2 Å². The summed E-state index contributed by atoms with van der Waals surface area (Å²) < 4.78 is 8.01. The lowest BCUT2D eigenvalue weighted by molar-refractivity contribution is -0.117. The van der Waals surface area contributed by atoms with E-state index in [0.717, 1.165) is 27.8 Å². The van der Waals surface area contributed by atoms with Gasteiger partial charge in [-0.2, -0.15) is 0 Å². The Hall–Kier alpha value is -4.32. The highest BCUT2D eigenvalue weighted by atomic mass is 16.5. The Morgan fingerprint density at radius 3 is 2.55 bits per heavy atom. The summed E-state index contributed by atoms with van der Waals surface area (Å²) in [6, 6.07) is 25.0. The standard InChI is InChI=1S/C27H23N3O3/c1-19-8-7-11-22(16-19)33-15-14-29-18-20(23-12-5-6-13-25(23)29)17-24-26(31)28-30(27(24)32)21-9-3-2-4-10-21/h2-13,16-18H,14-15H2,1H3,(H,28,31)/b24-17-. The lowest BCUT2D eigenvalue weighted by Gasteiger charge is -2.13. The monoisotopic (exact) mass is 437 g/mol. The molecule has 164 valence electrons. The Morgan fingerprint density at radius 2 is 1.73 bits per heavy atom. The predicted molar refractivity (Wildman–Crippen MR) is 129 cm³/mol. The molecule has 2 heterocycles. The second-order valence-electron chi connectivity index (χ2n) is 7.94. The maximum absolute atomic E-state index is 13.0. The second-order valence-corrected chi connectivity index (χ2v) is 7.94. The van der Waals surface area contributed by atoms with Gasteiger partial charge in [-0.1, -0.05) is 48.5 Å². The average Bonchev–Trinajstić information content (AvgIpc) is 3.32. The number of aromatic nitrogens is 1. The molecule has 1 aliphatic rings. The van der Waals surface area contributed by atoms with Gasteiger partial charge in [0, 0.05) is 22.7 Å². The van der Waals surface area contributed by atoms with Crippen LogP contribution in [0.25, 0.3) is 17.0 Å². The van der Waals surface area contributed by atoms with Gasteiger partial charge < -0.3 is 9.30 Å². The summed E-state index contributed by atoms with van der Waals surface area (Å²) in [7, 11) is 0. The summed E-state index contributed by atoms with van der Waals surface area (Å²) in [5, 5.41) is 2.25. The number of amides is 2. The summed E-state index contributed by atoms with van der Waals surface area (Å²) in [5.41, 5.74) is 6.36. The van der Waals surface area contributed by atoms with Crippen molar-refractivity contribution in [1.29, 1.82) is 0 Å². The molecule has 1 aromatic heterocycles. The third-order valence-electron chi connectivity index (χ3n) is 5.62. The van der Waals surface area contributed by atoms with Crippen molar-refractivity contribution in [1.82, 2.24) is 9.99 Å². The maximum atomic E-state index is 13.0. The van der Waals surface area contributed by atoms with Gasteiger partial charge in [-0.15, -0.1) is 0 Å². The maximum Gasteiger partial charge on any atom is 0.282 e. The molecule has 0 unspecified atom stereocenters. The van der Waals surface area contributed by atoms with Gasteiger partial charge in [-0.05, 0) is 48.9 Å². The van der Waals surface area contributed by atoms with Gasteiger partial charge in [-0.3, -0.25) is 15.0 Å². The molecule has 0 bridgehead atoms. The predicted octanol–water partition coefficient (Wildman–Crippen LogP) is 4.49. The normalized spacial score (nSPS) is 14.8. The van der Waals surface area contributed by atoms with E-state index in [1.165, 1.54) is 5.01 Å². The number of ether oxygens (including phenoxy) is 1. The second kappa shape index (κ2) is 8.67. The lowest BCUT2D eigenvalue weighted by atomic mass is 10.1. The first kappa shape index (κ1) is 20.6. The first-order valence-electron chi connectivity index (χ1n) is 10.8. The van der Waals surface area contributed by atoms with Crippen LogP contribution in [0.1, 0.15) is 11.1 Å². The van der Waals surface area contributed by atoms with Crippen LogP contribution in [0, 0.1) is 6.92 Å². The quantitative estimate of drug-likeness (QED) is 0.357. The molecule has 1 saturated heterocycles. The molecular weight excluding hydrogens is 414 g/mol. The van der Waals surface area contributed by atoms with Crippen LogP contribution in [-0.4, -0.2) is 23.0 Å². The summed E-state index contributed by atoms with van der Waals surface area (Å²) in [6.07, 6.45) is 3.63. The number of anilines is 1. The summed E-state index contributed by atoms with van der Waals surface area (Å²) in [4.78, 5) is 25.6. The Labute approximate surface area is 191 Å². The van der Waals surface area contributed by atoms with Crippen molar-refractivity contribution in [2.45, 2.75) is 13.5 Å². The van der Waals surface area contributed by atoms with Crippen LogP contribution >= 0.6 is 0 Å². The zero-order valence-corrected chi connectivity index (χ0v) is 18.2. The zero-order valence-electron chi connectivity index (χ0n) is 18.2. The summed E-state index contributed by atoms with van der Waals surface area (Å²) in [5.74, 6) is 0.0531. The first-order chi connectivity index (χ1) is 16.1. The van der Waals surface area contributed by atoms with Crippen molar-refractivity contribution in [3.05, 3.63) is 102 Å². The molecule has 0 spiro atoms. The number of hydrogen-bond donors (Lipinski definition) is 1. The van der Waals surface area contributed by atoms with Crippen molar-refractivity contribution in [3.63, 3.8) is 0 Å². The van der Waals surface area contributed by atoms with Crippen LogP contribution in [0.3, 0.4) is 0 Å². The number of benzene rings is 3. The van der Waals surface area contributed by atoms with Crippen LogP contribution in [0.15, 0.2) is 90.6 Å². The number of hydrogen-bond acceptors (Lipinski definition) is 3. The Morgan fingerprint density at radius 1 is 0.939 bits per heavy atom. The molecular formula is C27H23N3O3. The smallest absolute Gasteiger partial charge is 0.282 e. The highest BCUT2D eigenvalue weighted by Gasteiger charge is 2.34. The van der Waals surface area contributed by atoms with Crippen LogP contribution in [0.5, 0.6) is 5.75 Å². The Kier molecular flexibility index (Phi) is 5.40. The molecule has 0 atom stereocenters. The number of rotatable bonds is 6. The van der Waals surface area contributed by atoms with Gasteiger partial charge in [0.25, 0.3) is 11.8 Å². The van der Waals surface area contributed by atoms with Crippen LogP contribution in [0.2, 0.25) is 0 Å². The third-order valence-corrected chi connectivity index (χ3v) is 5.62. The van der Waals surface area contributed by atoms with Gasteiger partial charge in [0.2, 0.25) is 0 Å². The Balaban J connectivity index is 1.41. The molecule has 2 amide bonds. The van der Waals surface area contributed by atoms with Crippen LogP contribution in [0.4, 0.5) is 5.69 Å². The molecule has 6 nitrogen and oxygen atoms in total. The van der Waals surface area contributed by atoms with E-state index >= 15 is 0 Å². The van der Waals surface area contributed by atoms with E-state index in [-0.39, 0.29) is 11.5 Å². The van der Waals surface area contributed by atoms with E-state index in [0.29, 0.717) is 18.8 Å². The number of aryl methyl sites for hydroxylation is 1. The number of carbonyl (C=O) groups is 2. The number of carbonyl (C=O) groups excluding carboxylic acids is 2. The number of para-hydroxylation sites is 2. The third kappa shape index (κ3) is 4.11. The van der Waals surface area contributed by atoms with E-state index in [2.05, 4.69) is 9.99 Å². The zero-order chi connectivity index (χ0) is 22.8. The highest BCUT2D eigenvalue weighted by molar-refractivity contribution is 6.32. The first-order valence-corrected chi connectivity index (χ1v) is 10.8. The van der Waals surface area contributed by atoms with Gasteiger partial charge >= 0.3 is 0 Å². The van der Waals surface area contributed by atoms with E-state index in [9.17, 15) is 9.59 Å². The highest BCUT2D eigenvalue weighted by Crippen LogP contribution is 2.26. The Bertz CT molecular complexity index is 1370. The minimum Gasteiger partial charge on any atom is -0.492 e. The van der Waals surface area contributed by atoms with Crippen LogP contribution in [-0.2, 0) is 16.1 Å². The van der Waals surface area contributed by atoms with Crippen molar-refractivity contribution in [3.8, 4) is 5.75 Å². The molecule has 33 heavy (non-hydrogen) atoms. The number of hydrazine groups is 1. The SMILES string of the molecule is Cc1cccc(OCCn2cc(/C=C3/C(=O)NN(c4ccccc4)C3=O)c3ccccc32)c1. The topological polar surface area (TPSA) is 63.6 Å².